The molecule has 0 spiro atoms. The van der Waals surface area contributed by atoms with E-state index in [1.807, 2.05) is 4.68 Å². The smallest absolute Gasteiger partial charge is 0.323 e. The Hall–Kier alpha value is -5.06. The Kier molecular flexibility index (Phi) is 9.50. The maximum Gasteiger partial charge on any atom is 0.323 e. The number of fused-ring (bicyclic) bond motifs is 1. The number of amides is 1. The van der Waals surface area contributed by atoms with Crippen LogP contribution in [-0.2, 0) is 31.2 Å². The normalized spacial score (nSPS) is 12.5. The van der Waals surface area contributed by atoms with Crippen molar-refractivity contribution in [1.29, 1.82) is 0 Å². The summed E-state index contributed by atoms with van der Waals surface area (Å²) in [5, 5.41) is 20.5. The molecule has 3 aromatic carbocycles. The van der Waals surface area contributed by atoms with Gasteiger partial charge in [-0.2, -0.15) is 9.82 Å². The van der Waals surface area contributed by atoms with Crippen molar-refractivity contribution in [2.75, 3.05) is 24.7 Å². The van der Waals surface area contributed by atoms with E-state index in [-0.39, 0.29) is 15.4 Å². The highest BCUT2D eigenvalue weighted by molar-refractivity contribution is 7.90. The third-order valence-electron chi connectivity index (χ3n) is 7.08. The van der Waals surface area contributed by atoms with Crippen molar-refractivity contribution >= 4 is 48.6 Å². The number of nitrogens with zero attached hydrogens (tertiary/aromatic N) is 3. The Morgan fingerprint density at radius 3 is 2.24 bits per heavy atom. The molecule has 2 heterocycles. The number of hydrogen-bond donors (Lipinski definition) is 5. The van der Waals surface area contributed by atoms with Gasteiger partial charge in [0.1, 0.15) is 6.04 Å². The van der Waals surface area contributed by atoms with Gasteiger partial charge in [0.15, 0.2) is 15.8 Å². The van der Waals surface area contributed by atoms with E-state index in [0.29, 0.717) is 30.2 Å². The molecule has 5 rings (SSSR count). The van der Waals surface area contributed by atoms with Gasteiger partial charge in [-0.15, -0.1) is 0 Å². The number of aromatic amines is 1. The number of H-pyrrole nitrogens is 1. The molecule has 0 aliphatic rings. The average Bonchev–Trinajstić information content (AvgIpc) is 3.70. The number of carboxylic acids is 1. The molecule has 0 aliphatic carbocycles. The summed E-state index contributed by atoms with van der Waals surface area (Å²) in [5.41, 5.74) is 2.38. The van der Waals surface area contributed by atoms with Crippen LogP contribution in [0.25, 0.3) is 22.0 Å². The highest BCUT2D eigenvalue weighted by atomic mass is 32.2. The van der Waals surface area contributed by atoms with Gasteiger partial charge in [0, 0.05) is 49.2 Å². The van der Waals surface area contributed by atoms with Crippen molar-refractivity contribution in [3.63, 3.8) is 0 Å². The van der Waals surface area contributed by atoms with Crippen molar-refractivity contribution in [2.24, 2.45) is 0 Å². The molecule has 0 saturated heterocycles. The van der Waals surface area contributed by atoms with Gasteiger partial charge >= 0.3 is 5.97 Å². The number of aryl methyl sites for hydroxylation is 1. The fourth-order valence-electron chi connectivity index (χ4n) is 4.66. The summed E-state index contributed by atoms with van der Waals surface area (Å²) in [5.74, 6) is -1.36. The van der Waals surface area contributed by atoms with Crippen LogP contribution >= 0.6 is 0 Å². The SMILES string of the molecule is CS(=O)(=O)c1ccc(-c2ccc(S(=O)(=O)NC(CNC(=O)c3ccc4c(cnn4CCCNc4ncc[nH]4)c3)C(=O)O)cc2)cc1. The standard InChI is InChI=1S/C30H31N7O7S2/c1-45(41,42)24-8-3-20(4-9-24)21-5-10-25(11-6-21)46(43,44)36-26(29(39)40)19-34-28(38)22-7-12-27-23(17-22)18-35-37(27)16-2-13-31-30-32-14-15-33-30/h3-12,14-15,17-18,26,36H,2,13,16,19H2,1H3,(H,34,38)(H,39,40)(H2,31,32,33). The average molecular weight is 666 g/mol. The first-order chi connectivity index (χ1) is 21.9. The van der Waals surface area contributed by atoms with Crippen LogP contribution in [0.15, 0.2) is 95.1 Å². The molecule has 0 saturated carbocycles. The Morgan fingerprint density at radius 1 is 0.957 bits per heavy atom. The maximum atomic E-state index is 13.0. The minimum absolute atomic E-state index is 0.157. The van der Waals surface area contributed by atoms with Crippen LogP contribution in [0.5, 0.6) is 0 Å². The van der Waals surface area contributed by atoms with Gasteiger partial charge in [0.2, 0.25) is 10.0 Å². The van der Waals surface area contributed by atoms with Crippen LogP contribution in [-0.4, -0.2) is 79.0 Å². The molecule has 5 aromatic rings. The van der Waals surface area contributed by atoms with E-state index in [1.54, 1.807) is 48.9 Å². The van der Waals surface area contributed by atoms with Crippen LogP contribution in [0.2, 0.25) is 0 Å². The van der Waals surface area contributed by atoms with Gasteiger partial charge in [0.05, 0.1) is 21.5 Å². The molecule has 0 aliphatic heterocycles. The van der Waals surface area contributed by atoms with Crippen LogP contribution in [0.4, 0.5) is 5.95 Å². The largest absolute Gasteiger partial charge is 0.480 e. The summed E-state index contributed by atoms with van der Waals surface area (Å²) in [7, 11) is -7.63. The number of nitrogens with one attached hydrogen (secondary N) is 4. The second-order valence-electron chi connectivity index (χ2n) is 10.4. The molecule has 16 heteroatoms. The summed E-state index contributed by atoms with van der Waals surface area (Å²) >= 11 is 0. The lowest BCUT2D eigenvalue weighted by Crippen LogP contribution is -2.48. The number of imidazole rings is 1. The number of sulfonamides is 1. The monoisotopic (exact) mass is 665 g/mol. The summed E-state index contributed by atoms with van der Waals surface area (Å²) < 4.78 is 53.3. The number of aromatic nitrogens is 4. The van der Waals surface area contributed by atoms with E-state index < -0.39 is 44.3 Å². The zero-order valence-electron chi connectivity index (χ0n) is 24.5. The number of carbonyl (C=O) groups excluding carboxylic acids is 1. The number of carboxylic acid groups (broad SMARTS) is 1. The van der Waals surface area contributed by atoms with E-state index in [4.69, 9.17) is 0 Å². The lowest BCUT2D eigenvalue weighted by Gasteiger charge is -2.16. The lowest BCUT2D eigenvalue weighted by atomic mass is 10.1. The lowest BCUT2D eigenvalue weighted by molar-refractivity contribution is -0.138. The second kappa shape index (κ2) is 13.5. The van der Waals surface area contributed by atoms with Crippen molar-refractivity contribution in [2.45, 2.75) is 28.8 Å². The van der Waals surface area contributed by atoms with Crippen molar-refractivity contribution in [3.8, 4) is 11.1 Å². The van der Waals surface area contributed by atoms with Gasteiger partial charge in [-0.05, 0) is 60.0 Å². The molecule has 240 valence electrons. The van der Waals surface area contributed by atoms with Gasteiger partial charge in [-0.25, -0.2) is 21.8 Å². The number of aliphatic carboxylic acids is 1. The predicted octanol–water partition coefficient (Wildman–Crippen LogP) is 2.49. The molecule has 0 radical (unpaired) electrons. The molecule has 0 fully saturated rings. The van der Waals surface area contributed by atoms with Gasteiger partial charge in [-0.3, -0.25) is 14.3 Å². The molecule has 1 atom stereocenters. The van der Waals surface area contributed by atoms with Gasteiger partial charge < -0.3 is 20.7 Å². The molecular formula is C30H31N7O7S2. The molecule has 14 nitrogen and oxygen atoms in total. The molecule has 1 unspecified atom stereocenters. The molecule has 1 amide bonds. The first-order valence-corrected chi connectivity index (χ1v) is 17.4. The van der Waals surface area contributed by atoms with Crippen molar-refractivity contribution in [1.82, 2.24) is 29.8 Å². The summed E-state index contributed by atoms with van der Waals surface area (Å²) in [4.78, 5) is 31.8. The number of hydrogen-bond acceptors (Lipinski definition) is 9. The topological polar surface area (TPSA) is 205 Å². The quantitative estimate of drug-likeness (QED) is 0.110. The highest BCUT2D eigenvalue weighted by Gasteiger charge is 2.26. The number of anilines is 1. The first-order valence-electron chi connectivity index (χ1n) is 14.0. The highest BCUT2D eigenvalue weighted by Crippen LogP contribution is 2.23. The van der Waals surface area contributed by atoms with E-state index in [2.05, 4.69) is 30.4 Å². The fourth-order valence-corrected chi connectivity index (χ4v) is 6.48. The maximum absolute atomic E-state index is 13.0. The fraction of sp³-hybridized carbons (Fsp3) is 0.200. The van der Waals surface area contributed by atoms with E-state index in [0.717, 1.165) is 23.6 Å². The minimum atomic E-state index is -4.27. The van der Waals surface area contributed by atoms with Gasteiger partial charge in [0.25, 0.3) is 5.91 Å². The number of rotatable bonds is 14. The molecule has 0 bridgehead atoms. The van der Waals surface area contributed by atoms with Crippen LogP contribution in [0.3, 0.4) is 0 Å². The van der Waals surface area contributed by atoms with E-state index >= 15 is 0 Å². The Labute approximate surface area is 264 Å². The number of sulfone groups is 1. The summed E-state index contributed by atoms with van der Waals surface area (Å²) in [6.07, 6.45) is 6.90. The van der Waals surface area contributed by atoms with Crippen LogP contribution < -0.4 is 15.4 Å². The predicted molar refractivity (Wildman–Crippen MR) is 170 cm³/mol. The van der Waals surface area contributed by atoms with E-state index in [9.17, 15) is 31.5 Å². The summed E-state index contributed by atoms with van der Waals surface area (Å²) in [6.45, 7) is 0.807. The summed E-state index contributed by atoms with van der Waals surface area (Å²) in [6, 6.07) is 15.1. The third kappa shape index (κ3) is 7.77. The second-order valence-corrected chi connectivity index (χ2v) is 14.1. The third-order valence-corrected chi connectivity index (χ3v) is 9.70. The van der Waals surface area contributed by atoms with Crippen LogP contribution in [0, 0.1) is 0 Å². The zero-order chi connectivity index (χ0) is 32.9. The van der Waals surface area contributed by atoms with Crippen molar-refractivity contribution < 1.29 is 31.5 Å². The zero-order valence-corrected chi connectivity index (χ0v) is 26.2. The number of carbonyl (C=O) groups is 2. The van der Waals surface area contributed by atoms with Crippen molar-refractivity contribution in [3.05, 3.63) is 90.9 Å². The Balaban J connectivity index is 1.18. The van der Waals surface area contributed by atoms with E-state index in [1.165, 1.54) is 36.4 Å². The minimum Gasteiger partial charge on any atom is -0.480 e. The number of benzene rings is 3. The molecule has 5 N–H and O–H groups in total. The molecule has 46 heavy (non-hydrogen) atoms. The first kappa shape index (κ1) is 32.3. The molecule has 2 aromatic heterocycles. The Morgan fingerprint density at radius 2 is 1.63 bits per heavy atom. The van der Waals surface area contributed by atoms with Crippen LogP contribution in [0.1, 0.15) is 16.8 Å². The molecular weight excluding hydrogens is 635 g/mol. The Bertz CT molecular complexity index is 2060. The van der Waals surface area contributed by atoms with Gasteiger partial charge in [-0.1, -0.05) is 24.3 Å².